The Kier molecular flexibility index (Phi) is 5.36. The molecule has 0 fully saturated rings. The molecular weight excluding hydrogens is 324 g/mol. The van der Waals surface area contributed by atoms with E-state index in [1.54, 1.807) is 15.9 Å². The van der Waals surface area contributed by atoms with E-state index in [9.17, 15) is 4.79 Å². The second-order valence-electron chi connectivity index (χ2n) is 4.47. The van der Waals surface area contributed by atoms with Gasteiger partial charge in [-0.25, -0.2) is 0 Å². The predicted molar refractivity (Wildman–Crippen MR) is 84.0 cm³/mol. The summed E-state index contributed by atoms with van der Waals surface area (Å²) in [7, 11) is 0. The second-order valence-corrected chi connectivity index (χ2v) is 6.17. The Morgan fingerprint density at radius 3 is 3.00 bits per heavy atom. The summed E-state index contributed by atoms with van der Waals surface area (Å²) in [6, 6.07) is 4.00. The highest BCUT2D eigenvalue weighted by atomic mass is 79.9. The Morgan fingerprint density at radius 1 is 1.42 bits per heavy atom. The van der Waals surface area contributed by atoms with Crippen LogP contribution >= 0.6 is 27.3 Å². The Bertz CT molecular complexity index is 578. The number of halogens is 1. The number of nitrogens with zero attached hydrogens (tertiary/aromatic N) is 1. The number of aromatic nitrogens is 1. The van der Waals surface area contributed by atoms with Crippen LogP contribution in [0.1, 0.15) is 11.1 Å². The van der Waals surface area contributed by atoms with Crippen molar-refractivity contribution in [2.24, 2.45) is 0 Å². The van der Waals surface area contributed by atoms with Gasteiger partial charge < -0.3 is 9.88 Å². The van der Waals surface area contributed by atoms with Gasteiger partial charge in [-0.3, -0.25) is 4.79 Å². The van der Waals surface area contributed by atoms with Crippen LogP contribution in [0.2, 0.25) is 0 Å². The highest BCUT2D eigenvalue weighted by Gasteiger charge is 2.01. The lowest BCUT2D eigenvalue weighted by Gasteiger charge is -2.08. The topological polar surface area (TPSA) is 34.0 Å². The van der Waals surface area contributed by atoms with Crippen molar-refractivity contribution in [1.82, 2.24) is 9.88 Å². The number of hydrogen-bond acceptors (Lipinski definition) is 3. The number of rotatable bonds is 6. The fourth-order valence-electron chi connectivity index (χ4n) is 1.90. The summed E-state index contributed by atoms with van der Waals surface area (Å²) in [6.45, 7) is 4.29. The first-order valence-electron chi connectivity index (χ1n) is 6.25. The van der Waals surface area contributed by atoms with Crippen molar-refractivity contribution in [2.45, 2.75) is 19.9 Å². The van der Waals surface area contributed by atoms with Crippen molar-refractivity contribution in [3.05, 3.63) is 55.0 Å². The van der Waals surface area contributed by atoms with Crippen molar-refractivity contribution >= 4 is 27.3 Å². The molecule has 1 N–H and O–H groups in total. The summed E-state index contributed by atoms with van der Waals surface area (Å²) >= 11 is 5.14. The highest BCUT2D eigenvalue weighted by molar-refractivity contribution is 9.10. The summed E-state index contributed by atoms with van der Waals surface area (Å²) in [5, 5.41) is 7.63. The fraction of sp³-hybridized carbons (Fsp3) is 0.357. The highest BCUT2D eigenvalue weighted by Crippen LogP contribution is 2.08. The molecule has 0 aliphatic carbocycles. The molecule has 0 bridgehead atoms. The molecule has 3 nitrogen and oxygen atoms in total. The molecule has 2 heterocycles. The van der Waals surface area contributed by atoms with Gasteiger partial charge in [0.2, 0.25) is 0 Å². The van der Waals surface area contributed by atoms with Gasteiger partial charge in [-0.2, -0.15) is 11.3 Å². The summed E-state index contributed by atoms with van der Waals surface area (Å²) in [5.74, 6) is 0. The van der Waals surface area contributed by atoms with Crippen LogP contribution in [0.25, 0.3) is 0 Å². The van der Waals surface area contributed by atoms with Gasteiger partial charge >= 0.3 is 0 Å². The van der Waals surface area contributed by atoms with Crippen molar-refractivity contribution in [3.8, 4) is 0 Å². The maximum Gasteiger partial charge on any atom is 0.253 e. The van der Waals surface area contributed by atoms with Crippen molar-refractivity contribution in [3.63, 3.8) is 0 Å². The number of pyridine rings is 1. The van der Waals surface area contributed by atoms with E-state index in [1.807, 2.05) is 19.2 Å². The molecule has 0 radical (unpaired) electrons. The summed E-state index contributed by atoms with van der Waals surface area (Å²) < 4.78 is 2.69. The Balaban J connectivity index is 1.78. The largest absolute Gasteiger partial charge is 0.315 e. The van der Waals surface area contributed by atoms with Crippen LogP contribution in [0.5, 0.6) is 0 Å². The van der Waals surface area contributed by atoms with Gasteiger partial charge in [-0.05, 0) is 64.3 Å². The van der Waals surface area contributed by atoms with E-state index in [1.165, 1.54) is 5.56 Å². The first kappa shape index (κ1) is 14.5. The zero-order valence-electron chi connectivity index (χ0n) is 10.9. The lowest BCUT2D eigenvalue weighted by molar-refractivity contribution is 0.584. The van der Waals surface area contributed by atoms with E-state index in [0.29, 0.717) is 6.54 Å². The molecule has 0 unspecified atom stereocenters. The average molecular weight is 341 g/mol. The van der Waals surface area contributed by atoms with Gasteiger partial charge in [-0.1, -0.05) is 0 Å². The molecule has 0 amide bonds. The van der Waals surface area contributed by atoms with Crippen LogP contribution < -0.4 is 10.9 Å². The first-order valence-corrected chi connectivity index (χ1v) is 7.99. The smallest absolute Gasteiger partial charge is 0.253 e. The lowest BCUT2D eigenvalue weighted by Crippen LogP contribution is -2.28. The number of hydrogen-bond donors (Lipinski definition) is 1. The fourth-order valence-corrected chi connectivity index (χ4v) is 3.19. The average Bonchev–Trinajstić information content (AvgIpc) is 2.87. The molecular formula is C14H17BrN2OS. The molecule has 0 saturated heterocycles. The van der Waals surface area contributed by atoms with Gasteiger partial charge in [0.15, 0.2) is 0 Å². The summed E-state index contributed by atoms with van der Waals surface area (Å²) in [5.41, 5.74) is 2.23. The van der Waals surface area contributed by atoms with E-state index < -0.39 is 0 Å². The number of nitrogens with one attached hydrogen (secondary N) is 1. The summed E-state index contributed by atoms with van der Waals surface area (Å²) in [4.78, 5) is 11.9. The minimum absolute atomic E-state index is 0.0860. The number of thiophene rings is 1. The third kappa shape index (κ3) is 4.30. The van der Waals surface area contributed by atoms with E-state index in [-0.39, 0.29) is 5.56 Å². The molecule has 102 valence electrons. The monoisotopic (exact) mass is 340 g/mol. The molecule has 2 aromatic heterocycles. The summed E-state index contributed by atoms with van der Waals surface area (Å²) in [6.07, 6.45) is 2.88. The van der Waals surface area contributed by atoms with Crippen LogP contribution in [-0.4, -0.2) is 17.7 Å². The molecule has 19 heavy (non-hydrogen) atoms. The minimum atomic E-state index is 0.0860. The Hall–Kier alpha value is -0.910. The zero-order chi connectivity index (χ0) is 13.7. The molecule has 0 spiro atoms. The van der Waals surface area contributed by atoms with Crippen molar-refractivity contribution < 1.29 is 0 Å². The second kappa shape index (κ2) is 7.03. The third-order valence-electron chi connectivity index (χ3n) is 2.93. The molecule has 0 atom stereocenters. The standard InChI is InChI=1S/C14H17BrN2OS/c1-11-8-13(15)9-17(14(11)18)6-5-16-4-2-12-3-7-19-10-12/h3,7-10,16H,2,4-6H2,1H3. The van der Waals surface area contributed by atoms with Crippen molar-refractivity contribution in [2.75, 3.05) is 13.1 Å². The molecule has 2 rings (SSSR count). The first-order chi connectivity index (χ1) is 9.16. The van der Waals surface area contributed by atoms with Gasteiger partial charge in [0.05, 0.1) is 0 Å². The molecule has 0 aromatic carbocycles. The van der Waals surface area contributed by atoms with Gasteiger partial charge in [0.25, 0.3) is 5.56 Å². The molecule has 0 aliphatic rings. The Labute approximate surface area is 125 Å². The van der Waals surface area contributed by atoms with Crippen molar-refractivity contribution in [1.29, 1.82) is 0 Å². The molecule has 5 heteroatoms. The van der Waals surface area contributed by atoms with E-state index in [2.05, 4.69) is 38.1 Å². The Morgan fingerprint density at radius 2 is 2.26 bits per heavy atom. The maximum atomic E-state index is 11.9. The normalized spacial score (nSPS) is 10.8. The molecule has 0 saturated carbocycles. The van der Waals surface area contributed by atoms with Crippen LogP contribution in [0, 0.1) is 6.92 Å². The zero-order valence-corrected chi connectivity index (χ0v) is 13.3. The van der Waals surface area contributed by atoms with Gasteiger partial charge in [0.1, 0.15) is 0 Å². The predicted octanol–water partition coefficient (Wildman–Crippen LogP) is 2.81. The minimum Gasteiger partial charge on any atom is -0.315 e. The van der Waals surface area contributed by atoms with E-state index in [0.717, 1.165) is 29.5 Å². The van der Waals surface area contributed by atoms with Crippen LogP contribution in [-0.2, 0) is 13.0 Å². The molecule has 0 aliphatic heterocycles. The van der Waals surface area contributed by atoms with Crippen LogP contribution in [0.3, 0.4) is 0 Å². The van der Waals surface area contributed by atoms with Crippen LogP contribution in [0.4, 0.5) is 0 Å². The third-order valence-corrected chi connectivity index (χ3v) is 4.10. The lowest BCUT2D eigenvalue weighted by atomic mass is 10.2. The van der Waals surface area contributed by atoms with E-state index >= 15 is 0 Å². The maximum absolute atomic E-state index is 11.9. The van der Waals surface area contributed by atoms with Gasteiger partial charge in [0, 0.05) is 29.3 Å². The van der Waals surface area contributed by atoms with Gasteiger partial charge in [-0.15, -0.1) is 0 Å². The quantitative estimate of drug-likeness (QED) is 0.820. The number of aryl methyl sites for hydroxylation is 1. The van der Waals surface area contributed by atoms with Crippen LogP contribution in [0.15, 0.2) is 38.4 Å². The SMILES string of the molecule is Cc1cc(Br)cn(CCNCCc2ccsc2)c1=O. The van der Waals surface area contributed by atoms with E-state index in [4.69, 9.17) is 0 Å². The molecule has 2 aromatic rings.